The van der Waals surface area contributed by atoms with Crippen LogP contribution in [0, 0.1) is 6.92 Å². The molecule has 1 amide bonds. The Morgan fingerprint density at radius 2 is 2.10 bits per heavy atom. The average molecular weight is 368 g/mol. The Morgan fingerprint density at radius 1 is 1.38 bits per heavy atom. The summed E-state index contributed by atoms with van der Waals surface area (Å²) in [5.74, 6) is -0.574. The topological polar surface area (TPSA) is 61.7 Å². The van der Waals surface area contributed by atoms with E-state index < -0.39 is 5.91 Å². The molecule has 4 nitrogen and oxygen atoms in total. The number of hydrogen-bond donors (Lipinski definition) is 2. The second-order valence-electron chi connectivity index (χ2n) is 4.32. The molecular formula is C15H12BrClN2O2. The van der Waals surface area contributed by atoms with Crippen LogP contribution < -0.4 is 5.43 Å². The van der Waals surface area contributed by atoms with Gasteiger partial charge in [-0.05, 0) is 36.8 Å². The Labute approximate surface area is 135 Å². The number of carbonyl (C=O) groups is 1. The zero-order chi connectivity index (χ0) is 15.4. The van der Waals surface area contributed by atoms with E-state index in [1.807, 2.05) is 6.92 Å². The van der Waals surface area contributed by atoms with E-state index >= 15 is 0 Å². The lowest BCUT2D eigenvalue weighted by atomic mass is 10.1. The molecule has 0 aromatic heterocycles. The first-order valence-corrected chi connectivity index (χ1v) is 7.23. The lowest BCUT2D eigenvalue weighted by Gasteiger charge is -2.05. The average Bonchev–Trinajstić information content (AvgIpc) is 2.44. The van der Waals surface area contributed by atoms with Crippen molar-refractivity contribution in [2.45, 2.75) is 6.92 Å². The van der Waals surface area contributed by atoms with Gasteiger partial charge in [0, 0.05) is 15.1 Å². The molecule has 0 aliphatic rings. The number of nitrogens with zero attached hydrogens (tertiary/aromatic N) is 1. The van der Waals surface area contributed by atoms with E-state index in [4.69, 9.17) is 11.6 Å². The quantitative estimate of drug-likeness (QED) is 0.639. The molecule has 2 N–H and O–H groups in total. The fraction of sp³-hybridized carbons (Fsp3) is 0.0667. The Hall–Kier alpha value is -1.85. The summed E-state index contributed by atoms with van der Waals surface area (Å²) in [6.45, 7) is 1.91. The molecule has 0 saturated carbocycles. The largest absolute Gasteiger partial charge is 0.507 e. The van der Waals surface area contributed by atoms with E-state index in [1.54, 1.807) is 24.3 Å². The zero-order valence-corrected chi connectivity index (χ0v) is 13.4. The number of carbonyl (C=O) groups excluding carboxylic acids is 1. The van der Waals surface area contributed by atoms with Crippen LogP contribution in [0.2, 0.25) is 5.02 Å². The van der Waals surface area contributed by atoms with E-state index in [0.717, 1.165) is 15.6 Å². The van der Waals surface area contributed by atoms with E-state index in [9.17, 15) is 9.90 Å². The first-order valence-electron chi connectivity index (χ1n) is 6.06. The molecule has 108 valence electrons. The van der Waals surface area contributed by atoms with Gasteiger partial charge in [0.1, 0.15) is 5.75 Å². The molecule has 0 unspecified atom stereocenters. The fourth-order valence-electron chi connectivity index (χ4n) is 1.69. The Bertz CT molecular complexity index is 717. The highest BCUT2D eigenvalue weighted by Gasteiger charge is 2.09. The number of phenols is 1. The molecule has 6 heteroatoms. The first kappa shape index (κ1) is 15.5. The van der Waals surface area contributed by atoms with Gasteiger partial charge in [-0.3, -0.25) is 4.79 Å². The molecule has 0 radical (unpaired) electrons. The standard InChI is InChI=1S/C15H12BrClN2O2/c1-9-10(6-11(17)7-13(9)16)8-18-19-15(21)12-4-2-3-5-14(12)20/h2-8,20H,1H3,(H,19,21)/b18-8+. The van der Waals surface area contributed by atoms with Crippen molar-refractivity contribution in [3.8, 4) is 5.75 Å². The van der Waals surface area contributed by atoms with E-state index in [1.165, 1.54) is 18.3 Å². The van der Waals surface area contributed by atoms with Crippen LogP contribution in [0.4, 0.5) is 0 Å². The summed E-state index contributed by atoms with van der Waals surface area (Å²) in [5, 5.41) is 14.0. The van der Waals surface area contributed by atoms with E-state index in [0.29, 0.717) is 5.02 Å². The monoisotopic (exact) mass is 366 g/mol. The van der Waals surface area contributed by atoms with Gasteiger partial charge in [0.2, 0.25) is 0 Å². The van der Waals surface area contributed by atoms with Crippen molar-refractivity contribution in [1.82, 2.24) is 5.43 Å². The Balaban J connectivity index is 2.13. The third-order valence-electron chi connectivity index (χ3n) is 2.87. The maximum absolute atomic E-state index is 11.9. The number of hydrazone groups is 1. The predicted octanol–water partition coefficient (Wildman–Crippen LogP) is 3.88. The normalized spacial score (nSPS) is 10.8. The second kappa shape index (κ2) is 6.74. The van der Waals surface area contributed by atoms with Gasteiger partial charge in [0.15, 0.2) is 0 Å². The van der Waals surface area contributed by atoms with Crippen LogP contribution in [0.25, 0.3) is 0 Å². The molecule has 21 heavy (non-hydrogen) atoms. The minimum Gasteiger partial charge on any atom is -0.507 e. The number of phenolic OH excluding ortho intramolecular Hbond substituents is 1. The molecule has 0 bridgehead atoms. The van der Waals surface area contributed by atoms with Crippen LogP contribution in [-0.2, 0) is 0 Å². The Morgan fingerprint density at radius 3 is 2.81 bits per heavy atom. The highest BCUT2D eigenvalue weighted by Crippen LogP contribution is 2.24. The summed E-state index contributed by atoms with van der Waals surface area (Å²) in [6, 6.07) is 9.79. The van der Waals surface area contributed by atoms with E-state index in [2.05, 4.69) is 26.5 Å². The van der Waals surface area contributed by atoms with Crippen molar-refractivity contribution in [3.63, 3.8) is 0 Å². The summed E-state index contributed by atoms with van der Waals surface area (Å²) in [5.41, 5.74) is 4.27. The summed E-state index contributed by atoms with van der Waals surface area (Å²) in [7, 11) is 0. The van der Waals surface area contributed by atoms with Crippen LogP contribution in [0.15, 0.2) is 46.0 Å². The van der Waals surface area contributed by atoms with Crippen molar-refractivity contribution >= 4 is 39.7 Å². The van der Waals surface area contributed by atoms with Gasteiger partial charge in [0.25, 0.3) is 5.91 Å². The van der Waals surface area contributed by atoms with Crippen LogP contribution in [0.3, 0.4) is 0 Å². The maximum atomic E-state index is 11.9. The number of rotatable bonds is 3. The van der Waals surface area contributed by atoms with Crippen LogP contribution in [-0.4, -0.2) is 17.2 Å². The minimum atomic E-state index is -0.483. The molecule has 2 rings (SSSR count). The van der Waals surface area contributed by atoms with Crippen LogP contribution >= 0.6 is 27.5 Å². The van der Waals surface area contributed by atoms with Gasteiger partial charge in [-0.1, -0.05) is 39.7 Å². The smallest absolute Gasteiger partial charge is 0.275 e. The molecule has 0 aliphatic heterocycles. The zero-order valence-electron chi connectivity index (χ0n) is 11.1. The summed E-state index contributed by atoms with van der Waals surface area (Å²) in [6.07, 6.45) is 1.50. The summed E-state index contributed by atoms with van der Waals surface area (Å²) in [4.78, 5) is 11.9. The van der Waals surface area contributed by atoms with Gasteiger partial charge in [0.05, 0.1) is 11.8 Å². The van der Waals surface area contributed by atoms with Gasteiger partial charge in [-0.25, -0.2) is 5.43 Å². The maximum Gasteiger partial charge on any atom is 0.275 e. The summed E-state index contributed by atoms with van der Waals surface area (Å²) >= 11 is 9.37. The molecule has 0 aliphatic carbocycles. The molecular weight excluding hydrogens is 356 g/mol. The highest BCUT2D eigenvalue weighted by atomic mass is 79.9. The predicted molar refractivity (Wildman–Crippen MR) is 87.1 cm³/mol. The summed E-state index contributed by atoms with van der Waals surface area (Å²) < 4.78 is 0.864. The molecule has 0 fully saturated rings. The van der Waals surface area contributed by atoms with Crippen molar-refractivity contribution < 1.29 is 9.90 Å². The first-order chi connectivity index (χ1) is 9.99. The minimum absolute atomic E-state index is 0.0909. The van der Waals surface area contributed by atoms with Crippen LogP contribution in [0.1, 0.15) is 21.5 Å². The molecule has 0 saturated heterocycles. The van der Waals surface area contributed by atoms with Gasteiger partial charge in [-0.2, -0.15) is 5.10 Å². The number of halogens is 2. The Kier molecular flexibility index (Phi) is 4.98. The molecule has 2 aromatic carbocycles. The van der Waals surface area contributed by atoms with Gasteiger partial charge >= 0.3 is 0 Å². The number of aromatic hydroxyl groups is 1. The molecule has 0 heterocycles. The third-order valence-corrected chi connectivity index (χ3v) is 3.91. The second-order valence-corrected chi connectivity index (χ2v) is 5.61. The molecule has 2 aromatic rings. The lowest BCUT2D eigenvalue weighted by molar-refractivity contribution is 0.0952. The SMILES string of the molecule is Cc1c(Br)cc(Cl)cc1/C=N/NC(=O)c1ccccc1O. The molecule has 0 atom stereocenters. The van der Waals surface area contributed by atoms with Gasteiger partial charge in [-0.15, -0.1) is 0 Å². The molecule has 0 spiro atoms. The number of para-hydroxylation sites is 1. The van der Waals surface area contributed by atoms with Crippen molar-refractivity contribution in [3.05, 3.63) is 62.6 Å². The van der Waals surface area contributed by atoms with Gasteiger partial charge < -0.3 is 5.11 Å². The van der Waals surface area contributed by atoms with Crippen molar-refractivity contribution in [1.29, 1.82) is 0 Å². The number of hydrogen-bond acceptors (Lipinski definition) is 3. The lowest BCUT2D eigenvalue weighted by Crippen LogP contribution is -2.17. The van der Waals surface area contributed by atoms with Crippen molar-refractivity contribution in [2.75, 3.05) is 0 Å². The van der Waals surface area contributed by atoms with Crippen molar-refractivity contribution in [2.24, 2.45) is 5.10 Å². The number of nitrogens with one attached hydrogen (secondary N) is 1. The fourth-order valence-corrected chi connectivity index (χ4v) is 2.52. The van der Waals surface area contributed by atoms with E-state index in [-0.39, 0.29) is 11.3 Å². The number of amides is 1. The highest BCUT2D eigenvalue weighted by molar-refractivity contribution is 9.10. The third kappa shape index (κ3) is 3.83. The number of benzene rings is 2. The van der Waals surface area contributed by atoms with Crippen LogP contribution in [0.5, 0.6) is 5.75 Å².